The van der Waals surface area contributed by atoms with Gasteiger partial charge in [0.15, 0.2) is 5.78 Å². The molecule has 0 amide bonds. The van der Waals surface area contributed by atoms with Crippen molar-refractivity contribution in [3.63, 3.8) is 0 Å². The molecule has 0 aliphatic carbocycles. The summed E-state index contributed by atoms with van der Waals surface area (Å²) >= 11 is 0. The minimum atomic E-state index is -0.773. The van der Waals surface area contributed by atoms with Crippen molar-refractivity contribution in [1.82, 2.24) is 9.47 Å². The number of nitrogens with zero attached hydrogens (tertiary/aromatic N) is 3. The highest BCUT2D eigenvalue weighted by Crippen LogP contribution is 2.31. The van der Waals surface area contributed by atoms with Crippen molar-refractivity contribution in [3.8, 4) is 11.8 Å². The lowest BCUT2D eigenvalue weighted by atomic mass is 9.88. The minimum absolute atomic E-state index is 0.0839. The number of carbonyl (C=O) groups is 1. The quantitative estimate of drug-likeness (QED) is 0.746. The van der Waals surface area contributed by atoms with Gasteiger partial charge in [0.25, 0.3) is 0 Å². The lowest BCUT2D eigenvalue weighted by Gasteiger charge is -2.31. The van der Waals surface area contributed by atoms with Crippen LogP contribution in [0.4, 0.5) is 0 Å². The molecule has 1 N–H and O–H groups in total. The van der Waals surface area contributed by atoms with Crippen LogP contribution in [0.25, 0.3) is 5.69 Å². The van der Waals surface area contributed by atoms with Gasteiger partial charge in [-0.15, -0.1) is 0 Å². The van der Waals surface area contributed by atoms with Crippen LogP contribution in [0.2, 0.25) is 0 Å². The molecule has 0 saturated carbocycles. The highest BCUT2D eigenvalue weighted by atomic mass is 16.3. The number of aromatic nitrogens is 1. The Morgan fingerprint density at radius 3 is 2.57 bits per heavy atom. The third-order valence-electron chi connectivity index (χ3n) is 6.48. The molecule has 0 bridgehead atoms. The first-order chi connectivity index (χ1) is 14.1. The zero-order chi connectivity index (χ0) is 22.1. The molecule has 30 heavy (non-hydrogen) atoms. The van der Waals surface area contributed by atoms with Gasteiger partial charge in [0.1, 0.15) is 0 Å². The van der Waals surface area contributed by atoms with Crippen molar-refractivity contribution in [2.45, 2.75) is 65.5 Å². The van der Waals surface area contributed by atoms with Gasteiger partial charge in [0, 0.05) is 35.2 Å². The van der Waals surface area contributed by atoms with E-state index in [2.05, 4.69) is 29.4 Å². The highest BCUT2D eigenvalue weighted by Gasteiger charge is 2.35. The number of aliphatic hydroxyl groups is 1. The Morgan fingerprint density at radius 1 is 1.30 bits per heavy atom. The van der Waals surface area contributed by atoms with E-state index in [9.17, 15) is 9.90 Å². The van der Waals surface area contributed by atoms with E-state index < -0.39 is 5.60 Å². The summed E-state index contributed by atoms with van der Waals surface area (Å²) in [6.07, 6.45) is 2.84. The molecule has 3 unspecified atom stereocenters. The van der Waals surface area contributed by atoms with Crippen LogP contribution in [-0.2, 0) is 0 Å². The van der Waals surface area contributed by atoms with E-state index in [0.29, 0.717) is 24.6 Å². The van der Waals surface area contributed by atoms with Crippen LogP contribution in [0.15, 0.2) is 30.3 Å². The zero-order valence-electron chi connectivity index (χ0n) is 18.8. The van der Waals surface area contributed by atoms with Gasteiger partial charge in [0.05, 0.1) is 23.8 Å². The molecular formula is C25H33N3O2. The third kappa shape index (κ3) is 4.66. The molecule has 2 aromatic rings. The van der Waals surface area contributed by atoms with Gasteiger partial charge in [-0.3, -0.25) is 9.69 Å². The first-order valence-corrected chi connectivity index (χ1v) is 10.8. The Hall–Kier alpha value is -2.42. The van der Waals surface area contributed by atoms with Crippen LogP contribution in [0.5, 0.6) is 0 Å². The number of aryl methyl sites for hydroxylation is 1. The molecule has 1 fully saturated rings. The van der Waals surface area contributed by atoms with Crippen molar-refractivity contribution in [1.29, 1.82) is 5.26 Å². The molecular weight excluding hydrogens is 374 g/mol. The molecule has 1 aliphatic rings. The van der Waals surface area contributed by atoms with Crippen LogP contribution in [0.1, 0.15) is 67.3 Å². The first kappa shape index (κ1) is 22.3. The number of ketones is 1. The van der Waals surface area contributed by atoms with Crippen molar-refractivity contribution in [3.05, 3.63) is 52.8 Å². The molecule has 1 saturated heterocycles. The zero-order valence-corrected chi connectivity index (χ0v) is 18.8. The van der Waals surface area contributed by atoms with Crippen LogP contribution >= 0.6 is 0 Å². The summed E-state index contributed by atoms with van der Waals surface area (Å²) in [6, 6.07) is 11.7. The van der Waals surface area contributed by atoms with Gasteiger partial charge < -0.3 is 9.67 Å². The Labute approximate surface area is 179 Å². The second kappa shape index (κ2) is 8.75. The van der Waals surface area contributed by atoms with E-state index in [0.717, 1.165) is 41.9 Å². The van der Waals surface area contributed by atoms with E-state index >= 15 is 0 Å². The summed E-state index contributed by atoms with van der Waals surface area (Å²) < 4.78 is 2.06. The Balaban J connectivity index is 1.84. The molecule has 0 radical (unpaired) electrons. The maximum Gasteiger partial charge on any atom is 0.178 e. The second-order valence-corrected chi connectivity index (χ2v) is 9.17. The van der Waals surface area contributed by atoms with E-state index in [1.807, 2.05) is 39.0 Å². The Kier molecular flexibility index (Phi) is 6.50. The largest absolute Gasteiger partial charge is 0.389 e. The summed E-state index contributed by atoms with van der Waals surface area (Å²) in [5, 5.41) is 19.9. The summed E-state index contributed by atoms with van der Waals surface area (Å²) in [4.78, 5) is 15.4. The summed E-state index contributed by atoms with van der Waals surface area (Å²) in [6.45, 7) is 11.0. The Bertz CT molecular complexity index is 950. The number of Topliss-reactive ketones (excluding diaryl/α,β-unsaturated/α-hetero) is 1. The standard InChI is InChI=1S/C25H33N3O2/c1-6-20-11-17(2)27(16-25(5,30)13-20)15-24(29)23-12-18(3)28(19(23)4)22-9-7-21(14-26)8-10-22/h7-10,12,17,20,30H,6,11,13,15-16H2,1-5H3. The molecule has 2 heterocycles. The van der Waals surface area contributed by atoms with Crippen molar-refractivity contribution >= 4 is 5.78 Å². The monoisotopic (exact) mass is 407 g/mol. The average molecular weight is 408 g/mol. The van der Waals surface area contributed by atoms with Gasteiger partial charge in [-0.25, -0.2) is 0 Å². The van der Waals surface area contributed by atoms with Gasteiger partial charge in [-0.05, 0) is 76.8 Å². The predicted molar refractivity (Wildman–Crippen MR) is 119 cm³/mol. The van der Waals surface area contributed by atoms with Gasteiger partial charge in [-0.2, -0.15) is 5.26 Å². The smallest absolute Gasteiger partial charge is 0.178 e. The normalized spacial score (nSPS) is 25.0. The van der Waals surface area contributed by atoms with Gasteiger partial charge >= 0.3 is 0 Å². The average Bonchev–Trinajstić information content (AvgIpc) is 2.94. The van der Waals surface area contributed by atoms with E-state index in [1.165, 1.54) is 0 Å². The van der Waals surface area contributed by atoms with Crippen LogP contribution in [0.3, 0.4) is 0 Å². The highest BCUT2D eigenvalue weighted by molar-refractivity contribution is 5.99. The summed E-state index contributed by atoms with van der Waals surface area (Å²) in [5.41, 5.74) is 3.40. The molecule has 3 rings (SSSR count). The van der Waals surface area contributed by atoms with Crippen molar-refractivity contribution in [2.75, 3.05) is 13.1 Å². The number of hydrogen-bond donors (Lipinski definition) is 1. The van der Waals surface area contributed by atoms with Crippen LogP contribution < -0.4 is 0 Å². The van der Waals surface area contributed by atoms with E-state index in [4.69, 9.17) is 5.26 Å². The van der Waals surface area contributed by atoms with Crippen LogP contribution in [0, 0.1) is 31.1 Å². The molecule has 3 atom stereocenters. The number of β-amino-alcohol motifs (C(OH)–C–C–N with tert-alkyl or cyclic N) is 1. The number of nitriles is 1. The molecule has 1 aromatic carbocycles. The van der Waals surface area contributed by atoms with Crippen molar-refractivity contribution in [2.24, 2.45) is 5.92 Å². The number of rotatable bonds is 5. The van der Waals surface area contributed by atoms with E-state index in [1.54, 1.807) is 12.1 Å². The molecule has 0 spiro atoms. The molecule has 1 aliphatic heterocycles. The third-order valence-corrected chi connectivity index (χ3v) is 6.48. The first-order valence-electron chi connectivity index (χ1n) is 10.8. The molecule has 5 heteroatoms. The van der Waals surface area contributed by atoms with Gasteiger partial charge in [-0.1, -0.05) is 13.3 Å². The van der Waals surface area contributed by atoms with E-state index in [-0.39, 0.29) is 11.8 Å². The van der Waals surface area contributed by atoms with Crippen molar-refractivity contribution < 1.29 is 9.90 Å². The number of carbonyl (C=O) groups excluding carboxylic acids is 1. The molecule has 5 nitrogen and oxygen atoms in total. The molecule has 1 aromatic heterocycles. The fraction of sp³-hybridized carbons (Fsp3) is 0.520. The summed E-state index contributed by atoms with van der Waals surface area (Å²) in [7, 11) is 0. The fourth-order valence-corrected chi connectivity index (χ4v) is 4.91. The lowest BCUT2D eigenvalue weighted by molar-refractivity contribution is 0.0114. The topological polar surface area (TPSA) is 69.3 Å². The number of benzene rings is 1. The lowest BCUT2D eigenvalue weighted by Crippen LogP contribution is -2.44. The van der Waals surface area contributed by atoms with Gasteiger partial charge in [0.2, 0.25) is 0 Å². The predicted octanol–water partition coefficient (Wildman–Crippen LogP) is 4.41. The minimum Gasteiger partial charge on any atom is -0.389 e. The second-order valence-electron chi connectivity index (χ2n) is 9.17. The Morgan fingerprint density at radius 2 is 1.97 bits per heavy atom. The summed E-state index contributed by atoms with van der Waals surface area (Å²) in [5.74, 6) is 0.567. The number of likely N-dealkylation sites (tertiary alicyclic amines) is 1. The molecule has 160 valence electrons. The maximum atomic E-state index is 13.3. The maximum absolute atomic E-state index is 13.3. The van der Waals surface area contributed by atoms with Crippen LogP contribution in [-0.4, -0.2) is 45.1 Å². The SMILES string of the molecule is CCC1CC(C)N(CC(=O)c2cc(C)n(-c3ccc(C#N)cc3)c2C)CC(C)(O)C1. The fourth-order valence-electron chi connectivity index (χ4n) is 4.91. The number of hydrogen-bond acceptors (Lipinski definition) is 4.